The van der Waals surface area contributed by atoms with Crippen molar-refractivity contribution in [2.45, 2.75) is 26.5 Å². The summed E-state index contributed by atoms with van der Waals surface area (Å²) in [7, 11) is 3.10. The van der Waals surface area contributed by atoms with E-state index in [0.29, 0.717) is 32.1 Å². The van der Waals surface area contributed by atoms with Crippen molar-refractivity contribution in [1.82, 2.24) is 10.6 Å². The highest BCUT2D eigenvalue weighted by atomic mass is 19.3. The van der Waals surface area contributed by atoms with Crippen LogP contribution in [0.25, 0.3) is 0 Å². The average molecular weight is 407 g/mol. The topological polar surface area (TPSA) is 64.1 Å². The number of halogens is 2. The van der Waals surface area contributed by atoms with E-state index in [9.17, 15) is 8.78 Å². The van der Waals surface area contributed by atoms with Crippen LogP contribution in [0.3, 0.4) is 0 Å². The van der Waals surface area contributed by atoms with Crippen molar-refractivity contribution in [1.29, 1.82) is 0 Å². The zero-order chi connectivity index (χ0) is 21.1. The Morgan fingerprint density at radius 3 is 2.55 bits per heavy atom. The summed E-state index contributed by atoms with van der Waals surface area (Å²) in [6.45, 7) is 0.766. The van der Waals surface area contributed by atoms with Crippen LogP contribution in [-0.2, 0) is 13.0 Å². The van der Waals surface area contributed by atoms with Gasteiger partial charge >= 0.3 is 6.61 Å². The third-order valence-corrected chi connectivity index (χ3v) is 4.09. The van der Waals surface area contributed by atoms with Gasteiger partial charge in [0.1, 0.15) is 5.75 Å². The van der Waals surface area contributed by atoms with Crippen molar-refractivity contribution in [3.8, 4) is 17.2 Å². The molecule has 6 nitrogen and oxygen atoms in total. The van der Waals surface area contributed by atoms with Crippen LogP contribution in [-0.4, -0.2) is 39.9 Å². The van der Waals surface area contributed by atoms with Crippen LogP contribution >= 0.6 is 0 Å². The van der Waals surface area contributed by atoms with Gasteiger partial charge in [0.15, 0.2) is 17.5 Å². The van der Waals surface area contributed by atoms with Gasteiger partial charge in [-0.25, -0.2) is 0 Å². The largest absolute Gasteiger partial charge is 0.494 e. The lowest BCUT2D eigenvalue weighted by Crippen LogP contribution is -2.37. The molecule has 0 heterocycles. The van der Waals surface area contributed by atoms with Crippen molar-refractivity contribution in [3.05, 3.63) is 53.6 Å². The molecule has 2 aromatic carbocycles. The lowest BCUT2D eigenvalue weighted by Gasteiger charge is -2.15. The number of ether oxygens (including phenoxy) is 3. The van der Waals surface area contributed by atoms with Gasteiger partial charge in [-0.05, 0) is 37.1 Å². The highest BCUT2D eigenvalue weighted by molar-refractivity contribution is 5.79. The molecular formula is C21H27F2N3O3. The molecule has 0 spiro atoms. The highest BCUT2D eigenvalue weighted by Crippen LogP contribution is 2.29. The first-order valence-corrected chi connectivity index (χ1v) is 9.34. The van der Waals surface area contributed by atoms with Crippen LogP contribution in [0.2, 0.25) is 0 Å². The molecule has 0 unspecified atom stereocenters. The second-order valence-corrected chi connectivity index (χ2v) is 6.01. The van der Waals surface area contributed by atoms with E-state index in [0.717, 1.165) is 16.9 Å². The Hall–Kier alpha value is -3.03. The molecule has 29 heavy (non-hydrogen) atoms. The quantitative estimate of drug-likeness (QED) is 0.465. The minimum Gasteiger partial charge on any atom is -0.494 e. The number of nitrogens with one attached hydrogen (secondary N) is 2. The van der Waals surface area contributed by atoms with Gasteiger partial charge in [-0.15, -0.1) is 0 Å². The molecule has 0 amide bonds. The van der Waals surface area contributed by atoms with Crippen LogP contribution < -0.4 is 24.8 Å². The normalized spacial score (nSPS) is 11.3. The first-order chi connectivity index (χ1) is 14.1. The minimum absolute atomic E-state index is 0.0232. The second kappa shape index (κ2) is 11.7. The zero-order valence-electron chi connectivity index (χ0n) is 16.9. The molecule has 2 N–H and O–H groups in total. The van der Waals surface area contributed by atoms with Crippen LogP contribution in [0.5, 0.6) is 17.2 Å². The molecule has 0 saturated heterocycles. The zero-order valence-corrected chi connectivity index (χ0v) is 16.9. The third-order valence-electron chi connectivity index (χ3n) is 4.09. The average Bonchev–Trinajstić information content (AvgIpc) is 2.71. The Kier molecular flexibility index (Phi) is 9.01. The molecule has 0 fully saturated rings. The van der Waals surface area contributed by atoms with E-state index < -0.39 is 6.61 Å². The fourth-order valence-electron chi connectivity index (χ4n) is 2.74. The molecule has 2 rings (SSSR count). The molecule has 2 aromatic rings. The second-order valence-electron chi connectivity index (χ2n) is 6.01. The maximum Gasteiger partial charge on any atom is 0.387 e. The van der Waals surface area contributed by atoms with Gasteiger partial charge in [-0.2, -0.15) is 8.78 Å². The summed E-state index contributed by atoms with van der Waals surface area (Å²) in [6, 6.07) is 12.8. The van der Waals surface area contributed by atoms with E-state index in [1.807, 2.05) is 37.3 Å². The molecule has 0 bridgehead atoms. The molecule has 0 atom stereocenters. The van der Waals surface area contributed by atoms with Gasteiger partial charge in [0, 0.05) is 25.7 Å². The first-order valence-electron chi connectivity index (χ1n) is 9.34. The summed E-state index contributed by atoms with van der Waals surface area (Å²) in [5, 5.41) is 6.45. The Morgan fingerprint density at radius 2 is 1.86 bits per heavy atom. The Balaban J connectivity index is 1.89. The number of aliphatic imine (C=N–C) groups is 1. The number of nitrogens with zero attached hydrogens (tertiary/aromatic N) is 1. The number of methoxy groups -OCH3 is 1. The Bertz CT molecular complexity index is 800. The molecule has 0 radical (unpaired) electrons. The summed E-state index contributed by atoms with van der Waals surface area (Å²) >= 11 is 0. The number of benzene rings is 2. The van der Waals surface area contributed by atoms with E-state index in [1.54, 1.807) is 19.2 Å². The van der Waals surface area contributed by atoms with E-state index in [-0.39, 0.29) is 11.5 Å². The summed E-state index contributed by atoms with van der Waals surface area (Å²) < 4.78 is 40.3. The van der Waals surface area contributed by atoms with E-state index in [2.05, 4.69) is 20.4 Å². The SMILES string of the molecule is CCOc1ccccc1CNC(=NC)NCCc1ccc(OC)c(OC(F)F)c1. The lowest BCUT2D eigenvalue weighted by molar-refractivity contribution is -0.0512. The number of alkyl halides is 2. The maximum atomic E-state index is 12.6. The van der Waals surface area contributed by atoms with Crippen LogP contribution in [0.1, 0.15) is 18.1 Å². The predicted molar refractivity (Wildman–Crippen MR) is 109 cm³/mol. The van der Waals surface area contributed by atoms with Gasteiger partial charge in [-0.1, -0.05) is 24.3 Å². The Morgan fingerprint density at radius 1 is 1.07 bits per heavy atom. The predicted octanol–water partition coefficient (Wildman–Crippen LogP) is 3.60. The summed E-state index contributed by atoms with van der Waals surface area (Å²) in [5.74, 6) is 1.76. The molecule has 0 aliphatic rings. The standard InChI is InChI=1S/C21H27F2N3O3/c1-4-28-17-8-6-5-7-16(17)14-26-21(24-2)25-12-11-15-9-10-18(27-3)19(13-15)29-20(22)23/h5-10,13,20H,4,11-12,14H2,1-3H3,(H2,24,25,26). The van der Waals surface area contributed by atoms with E-state index in [1.165, 1.54) is 7.11 Å². The van der Waals surface area contributed by atoms with Crippen LogP contribution in [0, 0.1) is 0 Å². The minimum atomic E-state index is -2.90. The van der Waals surface area contributed by atoms with Crippen LogP contribution in [0.15, 0.2) is 47.5 Å². The summed E-state index contributed by atoms with van der Waals surface area (Å²) in [5.41, 5.74) is 1.87. The molecule has 158 valence electrons. The molecule has 0 aromatic heterocycles. The van der Waals surface area contributed by atoms with Crippen molar-refractivity contribution in [3.63, 3.8) is 0 Å². The summed E-state index contributed by atoms with van der Waals surface area (Å²) in [6.07, 6.45) is 0.597. The number of hydrogen-bond donors (Lipinski definition) is 2. The fourth-order valence-corrected chi connectivity index (χ4v) is 2.74. The van der Waals surface area contributed by atoms with Crippen LogP contribution in [0.4, 0.5) is 8.78 Å². The lowest BCUT2D eigenvalue weighted by atomic mass is 10.1. The molecule has 8 heteroatoms. The van der Waals surface area contributed by atoms with Crippen molar-refractivity contribution >= 4 is 5.96 Å². The van der Waals surface area contributed by atoms with Gasteiger partial charge in [-0.3, -0.25) is 4.99 Å². The van der Waals surface area contributed by atoms with Gasteiger partial charge in [0.2, 0.25) is 0 Å². The monoisotopic (exact) mass is 407 g/mol. The first kappa shape index (κ1) is 22.3. The molecule has 0 aliphatic heterocycles. The smallest absolute Gasteiger partial charge is 0.387 e. The summed E-state index contributed by atoms with van der Waals surface area (Å²) in [4.78, 5) is 4.20. The van der Waals surface area contributed by atoms with Crippen molar-refractivity contribution in [2.75, 3.05) is 27.3 Å². The van der Waals surface area contributed by atoms with Gasteiger partial charge in [0.25, 0.3) is 0 Å². The van der Waals surface area contributed by atoms with Gasteiger partial charge < -0.3 is 24.8 Å². The molecule has 0 saturated carbocycles. The highest BCUT2D eigenvalue weighted by Gasteiger charge is 2.11. The number of para-hydroxylation sites is 1. The van der Waals surface area contributed by atoms with E-state index >= 15 is 0 Å². The number of guanidine groups is 1. The fraction of sp³-hybridized carbons (Fsp3) is 0.381. The van der Waals surface area contributed by atoms with Crippen molar-refractivity contribution < 1.29 is 23.0 Å². The number of hydrogen-bond acceptors (Lipinski definition) is 4. The Labute approximate surface area is 169 Å². The third kappa shape index (κ3) is 7.14. The number of rotatable bonds is 10. The van der Waals surface area contributed by atoms with Gasteiger partial charge in [0.05, 0.1) is 13.7 Å². The molecule has 0 aliphatic carbocycles. The molecular weight excluding hydrogens is 380 g/mol. The maximum absolute atomic E-state index is 12.6. The van der Waals surface area contributed by atoms with Crippen molar-refractivity contribution in [2.24, 2.45) is 4.99 Å². The van der Waals surface area contributed by atoms with E-state index in [4.69, 9.17) is 9.47 Å².